The minimum absolute atomic E-state index is 0.0877. The van der Waals surface area contributed by atoms with Crippen molar-refractivity contribution in [2.45, 2.75) is 52.7 Å². The van der Waals surface area contributed by atoms with Gasteiger partial charge in [0.1, 0.15) is 17.9 Å². The molecule has 0 aromatic heterocycles. The van der Waals surface area contributed by atoms with Gasteiger partial charge < -0.3 is 25.4 Å². The second-order valence-electron chi connectivity index (χ2n) is 8.56. The Balaban J connectivity index is 1.69. The van der Waals surface area contributed by atoms with Crippen molar-refractivity contribution in [3.63, 3.8) is 0 Å². The molecule has 2 rings (SSSR count). The third-order valence-corrected chi connectivity index (χ3v) is 4.35. The van der Waals surface area contributed by atoms with E-state index in [9.17, 15) is 14.4 Å². The van der Waals surface area contributed by atoms with Gasteiger partial charge in [-0.25, -0.2) is 4.79 Å². The van der Waals surface area contributed by atoms with E-state index in [0.29, 0.717) is 18.0 Å². The van der Waals surface area contributed by atoms with Gasteiger partial charge in [-0.1, -0.05) is 37.6 Å². The van der Waals surface area contributed by atoms with Crippen molar-refractivity contribution in [3.05, 3.63) is 59.7 Å². The lowest BCUT2D eigenvalue weighted by atomic mass is 10.1. The lowest BCUT2D eigenvalue weighted by molar-refractivity contribution is -0.120. The van der Waals surface area contributed by atoms with Crippen molar-refractivity contribution < 1.29 is 23.9 Å². The van der Waals surface area contributed by atoms with E-state index in [4.69, 9.17) is 9.47 Å². The fourth-order valence-electron chi connectivity index (χ4n) is 2.82. The normalized spacial score (nSPS) is 10.8. The number of anilines is 1. The van der Waals surface area contributed by atoms with E-state index < -0.39 is 11.7 Å². The molecule has 0 unspecified atom stereocenters. The summed E-state index contributed by atoms with van der Waals surface area (Å²) in [7, 11) is 0. The molecule has 0 bridgehead atoms. The molecule has 0 saturated carbocycles. The number of carbonyl (C=O) groups excluding carboxylic acids is 3. The van der Waals surface area contributed by atoms with Gasteiger partial charge in [-0.05, 0) is 62.6 Å². The Labute approximate surface area is 195 Å². The van der Waals surface area contributed by atoms with Crippen LogP contribution in [0.1, 0.15) is 45.2 Å². The van der Waals surface area contributed by atoms with Crippen LogP contribution in [0.4, 0.5) is 10.5 Å². The van der Waals surface area contributed by atoms with Crippen LogP contribution in [0.25, 0.3) is 0 Å². The van der Waals surface area contributed by atoms with Crippen molar-refractivity contribution in [1.82, 2.24) is 10.6 Å². The summed E-state index contributed by atoms with van der Waals surface area (Å²) in [4.78, 5) is 35.6. The number of amides is 3. The summed E-state index contributed by atoms with van der Waals surface area (Å²) < 4.78 is 10.6. The highest BCUT2D eigenvalue weighted by molar-refractivity contribution is 5.91. The number of hydrogen-bond acceptors (Lipinski definition) is 5. The molecular weight excluding hydrogens is 422 g/mol. The van der Waals surface area contributed by atoms with E-state index in [1.54, 1.807) is 45.0 Å². The predicted molar refractivity (Wildman–Crippen MR) is 127 cm³/mol. The lowest BCUT2D eigenvalue weighted by Crippen LogP contribution is -2.39. The van der Waals surface area contributed by atoms with E-state index in [1.165, 1.54) is 5.56 Å². The van der Waals surface area contributed by atoms with Crippen LogP contribution in [0.3, 0.4) is 0 Å². The van der Waals surface area contributed by atoms with Crippen LogP contribution in [0.2, 0.25) is 0 Å². The second-order valence-corrected chi connectivity index (χ2v) is 8.56. The molecule has 178 valence electrons. The summed E-state index contributed by atoms with van der Waals surface area (Å²) in [5, 5.41) is 7.89. The molecule has 2 aromatic rings. The molecule has 0 spiro atoms. The van der Waals surface area contributed by atoms with E-state index in [1.807, 2.05) is 24.3 Å². The van der Waals surface area contributed by atoms with Crippen LogP contribution in [0, 0.1) is 0 Å². The molecule has 33 heavy (non-hydrogen) atoms. The number of carbonyl (C=O) groups is 3. The van der Waals surface area contributed by atoms with Crippen molar-refractivity contribution in [2.24, 2.45) is 0 Å². The van der Waals surface area contributed by atoms with Crippen molar-refractivity contribution >= 4 is 23.6 Å². The monoisotopic (exact) mass is 455 g/mol. The summed E-state index contributed by atoms with van der Waals surface area (Å²) in [6.45, 7) is 7.40. The maximum atomic E-state index is 12.1. The first kappa shape index (κ1) is 25.7. The number of nitrogens with one attached hydrogen (secondary N) is 3. The molecule has 0 aliphatic carbocycles. The zero-order valence-corrected chi connectivity index (χ0v) is 19.7. The largest absolute Gasteiger partial charge is 0.484 e. The van der Waals surface area contributed by atoms with Crippen LogP contribution < -0.4 is 20.7 Å². The van der Waals surface area contributed by atoms with Crippen molar-refractivity contribution in [3.8, 4) is 5.75 Å². The molecule has 0 fully saturated rings. The van der Waals surface area contributed by atoms with Crippen LogP contribution >= 0.6 is 0 Å². The maximum absolute atomic E-state index is 12.1. The first-order valence-electron chi connectivity index (χ1n) is 11.0. The van der Waals surface area contributed by atoms with Crippen LogP contribution in [-0.2, 0) is 27.3 Å². The van der Waals surface area contributed by atoms with E-state index >= 15 is 0 Å². The van der Waals surface area contributed by atoms with E-state index in [-0.39, 0.29) is 25.0 Å². The maximum Gasteiger partial charge on any atom is 0.408 e. The van der Waals surface area contributed by atoms with Gasteiger partial charge in [0.15, 0.2) is 6.61 Å². The molecule has 0 saturated heterocycles. The zero-order valence-electron chi connectivity index (χ0n) is 19.7. The SMILES string of the molecule is CCCc1ccc(OCC(=O)Nc2ccc(CNC(=O)CNC(=O)OC(C)(C)C)cc2)cc1. The smallest absolute Gasteiger partial charge is 0.408 e. The number of rotatable bonds is 10. The summed E-state index contributed by atoms with van der Waals surface area (Å²) >= 11 is 0. The molecule has 8 nitrogen and oxygen atoms in total. The quantitative estimate of drug-likeness (QED) is 0.505. The molecule has 0 radical (unpaired) electrons. The fourth-order valence-corrected chi connectivity index (χ4v) is 2.82. The van der Waals surface area contributed by atoms with Gasteiger partial charge in [0.05, 0.1) is 0 Å². The van der Waals surface area contributed by atoms with Gasteiger partial charge in [-0.2, -0.15) is 0 Å². The lowest BCUT2D eigenvalue weighted by Gasteiger charge is -2.19. The van der Waals surface area contributed by atoms with Gasteiger partial charge in [-0.3, -0.25) is 9.59 Å². The Morgan fingerprint density at radius 3 is 2.09 bits per heavy atom. The molecule has 0 aliphatic rings. The van der Waals surface area contributed by atoms with Gasteiger partial charge >= 0.3 is 6.09 Å². The first-order valence-corrected chi connectivity index (χ1v) is 11.0. The Bertz CT molecular complexity index is 919. The first-order chi connectivity index (χ1) is 15.6. The Morgan fingerprint density at radius 2 is 1.48 bits per heavy atom. The van der Waals surface area contributed by atoms with Gasteiger partial charge in [0, 0.05) is 12.2 Å². The molecule has 0 heterocycles. The molecule has 0 atom stereocenters. The minimum atomic E-state index is -0.643. The third kappa shape index (κ3) is 10.5. The van der Waals surface area contributed by atoms with E-state index in [2.05, 4.69) is 22.9 Å². The van der Waals surface area contributed by atoms with Gasteiger partial charge in [0.25, 0.3) is 5.91 Å². The van der Waals surface area contributed by atoms with Crippen molar-refractivity contribution in [2.75, 3.05) is 18.5 Å². The third-order valence-electron chi connectivity index (χ3n) is 4.35. The van der Waals surface area contributed by atoms with Crippen molar-refractivity contribution in [1.29, 1.82) is 0 Å². The van der Waals surface area contributed by atoms with Gasteiger partial charge in [-0.15, -0.1) is 0 Å². The second kappa shape index (κ2) is 12.5. The fraction of sp³-hybridized carbons (Fsp3) is 0.400. The Kier molecular flexibility index (Phi) is 9.72. The molecule has 2 aromatic carbocycles. The average Bonchev–Trinajstić information content (AvgIpc) is 2.76. The number of hydrogen-bond donors (Lipinski definition) is 3. The Morgan fingerprint density at radius 1 is 0.848 bits per heavy atom. The van der Waals surface area contributed by atoms with Crippen LogP contribution in [0.15, 0.2) is 48.5 Å². The summed E-state index contributed by atoms with van der Waals surface area (Å²) in [6, 6.07) is 14.8. The zero-order chi connectivity index (χ0) is 24.3. The van der Waals surface area contributed by atoms with Crippen LogP contribution in [0.5, 0.6) is 5.75 Å². The molecule has 8 heteroatoms. The summed E-state index contributed by atoms with van der Waals surface area (Å²) in [6.07, 6.45) is 1.46. The average molecular weight is 456 g/mol. The van der Waals surface area contributed by atoms with Crippen LogP contribution in [-0.4, -0.2) is 36.7 Å². The highest BCUT2D eigenvalue weighted by Gasteiger charge is 2.16. The standard InChI is InChI=1S/C25H33N3O5/c1-5-6-18-9-13-21(14-10-18)32-17-23(30)28-20-11-7-19(8-12-20)15-26-22(29)16-27-24(31)33-25(2,3)4/h7-14H,5-6,15-17H2,1-4H3,(H,26,29)(H,27,31)(H,28,30). The molecular formula is C25H33N3O5. The summed E-state index contributed by atoms with van der Waals surface area (Å²) in [5.41, 5.74) is 2.10. The summed E-state index contributed by atoms with van der Waals surface area (Å²) in [5.74, 6) is 0.0530. The number of alkyl carbamates (subject to hydrolysis) is 1. The number of aryl methyl sites for hydroxylation is 1. The topological polar surface area (TPSA) is 106 Å². The number of ether oxygens (including phenoxy) is 2. The Hall–Kier alpha value is -3.55. The predicted octanol–water partition coefficient (Wildman–Crippen LogP) is 3.80. The molecule has 3 N–H and O–H groups in total. The van der Waals surface area contributed by atoms with E-state index in [0.717, 1.165) is 18.4 Å². The molecule has 3 amide bonds. The highest BCUT2D eigenvalue weighted by atomic mass is 16.6. The highest BCUT2D eigenvalue weighted by Crippen LogP contribution is 2.14. The van der Waals surface area contributed by atoms with Gasteiger partial charge in [0.2, 0.25) is 5.91 Å². The number of benzene rings is 2. The minimum Gasteiger partial charge on any atom is -0.484 e. The molecule has 0 aliphatic heterocycles.